The maximum absolute atomic E-state index is 13.5. The summed E-state index contributed by atoms with van der Waals surface area (Å²) in [5, 5.41) is 21.8. The molecule has 0 bridgehead atoms. The van der Waals surface area contributed by atoms with E-state index >= 15 is 0 Å². The van der Waals surface area contributed by atoms with Gasteiger partial charge in [0.25, 0.3) is 0 Å². The Labute approximate surface area is 187 Å². The maximum Gasteiger partial charge on any atom is 0.235 e. The van der Waals surface area contributed by atoms with Crippen LogP contribution in [0, 0.1) is 23.7 Å². The van der Waals surface area contributed by atoms with Crippen molar-refractivity contribution in [3.8, 4) is 5.75 Å². The quantitative estimate of drug-likeness (QED) is 0.516. The van der Waals surface area contributed by atoms with Gasteiger partial charge in [0.1, 0.15) is 5.69 Å². The Kier molecular flexibility index (Phi) is 5.01. The van der Waals surface area contributed by atoms with Crippen LogP contribution < -0.4 is 10.6 Å². The molecule has 0 radical (unpaired) electrons. The third kappa shape index (κ3) is 2.77. The lowest BCUT2D eigenvalue weighted by Crippen LogP contribution is -2.68. The van der Waals surface area contributed by atoms with Crippen molar-refractivity contribution in [1.29, 1.82) is 0 Å². The number of nitrogens with zero attached hydrogens (tertiary/aromatic N) is 2. The van der Waals surface area contributed by atoms with E-state index in [0.717, 1.165) is 0 Å². The van der Waals surface area contributed by atoms with E-state index < -0.39 is 64.1 Å². The lowest BCUT2D eigenvalue weighted by Gasteiger charge is -2.48. The minimum absolute atomic E-state index is 0.0118. The second-order valence-electron chi connectivity index (χ2n) is 8.84. The molecule has 4 N–H and O–H groups in total. The lowest BCUT2D eigenvalue weighted by atomic mass is 9.53. The number of primary amides is 1. The zero-order chi connectivity index (χ0) is 23.7. The van der Waals surface area contributed by atoms with Gasteiger partial charge in [-0.05, 0) is 30.4 Å². The number of benzene rings is 1. The molecule has 4 rings (SSSR count). The number of phenolic OH excluding ortho intramolecular Hbond substituents is 1. The Morgan fingerprint density at radius 2 is 1.88 bits per heavy atom. The molecule has 32 heavy (non-hydrogen) atoms. The summed E-state index contributed by atoms with van der Waals surface area (Å²) >= 11 is 4.70. The van der Waals surface area contributed by atoms with Crippen molar-refractivity contribution < 1.29 is 34.2 Å². The number of rotatable bonds is 3. The van der Waals surface area contributed by atoms with Crippen LogP contribution in [-0.4, -0.2) is 58.9 Å². The van der Waals surface area contributed by atoms with Crippen molar-refractivity contribution >= 4 is 52.8 Å². The van der Waals surface area contributed by atoms with E-state index in [1.807, 2.05) is 0 Å². The number of carbonyl (C=O) groups is 5. The molecular formula is C21H21N3O7S. The Balaban J connectivity index is 1.86. The number of hydrogen-bond acceptors (Lipinski definition) is 10. The highest BCUT2D eigenvalue weighted by Gasteiger charge is 2.66. The smallest absolute Gasteiger partial charge is 0.235 e. The molecule has 0 aliphatic heterocycles. The number of amides is 1. The van der Waals surface area contributed by atoms with E-state index in [1.54, 1.807) is 25.1 Å². The fraction of sp³-hybridized carbons (Fsp3) is 0.476. The summed E-state index contributed by atoms with van der Waals surface area (Å²) in [6, 6.07) is 1.54. The molecule has 3 aliphatic carbocycles. The van der Waals surface area contributed by atoms with Crippen LogP contribution in [0.15, 0.2) is 10.4 Å². The van der Waals surface area contributed by atoms with E-state index in [-0.39, 0.29) is 30.5 Å². The van der Waals surface area contributed by atoms with Crippen LogP contribution in [0.2, 0.25) is 0 Å². The van der Waals surface area contributed by atoms with Gasteiger partial charge in [0.15, 0.2) is 40.4 Å². The molecule has 2 unspecified atom stereocenters. The highest BCUT2D eigenvalue weighted by Crippen LogP contribution is 2.52. The molecule has 1 aromatic rings. The van der Waals surface area contributed by atoms with E-state index in [0.29, 0.717) is 11.3 Å². The van der Waals surface area contributed by atoms with Crippen LogP contribution in [0.25, 0.3) is 0 Å². The van der Waals surface area contributed by atoms with Gasteiger partial charge in [-0.25, -0.2) is 0 Å². The Bertz CT molecular complexity index is 1130. The van der Waals surface area contributed by atoms with Gasteiger partial charge < -0.3 is 20.8 Å². The van der Waals surface area contributed by atoms with Gasteiger partial charge in [0, 0.05) is 44.5 Å². The van der Waals surface area contributed by atoms with Crippen LogP contribution >= 0.6 is 0 Å². The number of hydrogen-bond donors (Lipinski definition) is 3. The summed E-state index contributed by atoms with van der Waals surface area (Å²) in [4.78, 5) is 65.5. The third-order valence-corrected chi connectivity index (χ3v) is 7.14. The predicted molar refractivity (Wildman–Crippen MR) is 112 cm³/mol. The van der Waals surface area contributed by atoms with Crippen LogP contribution in [0.1, 0.15) is 28.8 Å². The largest absolute Gasteiger partial charge is 0.505 e. The van der Waals surface area contributed by atoms with Gasteiger partial charge >= 0.3 is 0 Å². The zero-order valence-electron chi connectivity index (χ0n) is 17.3. The van der Waals surface area contributed by atoms with Crippen molar-refractivity contribution in [1.82, 2.24) is 0 Å². The summed E-state index contributed by atoms with van der Waals surface area (Å²) in [5.74, 6) is -10.5. The van der Waals surface area contributed by atoms with Gasteiger partial charge in [-0.3, -0.25) is 24.0 Å². The van der Waals surface area contributed by atoms with Crippen LogP contribution in [0.3, 0.4) is 0 Å². The molecule has 2 fully saturated rings. The predicted octanol–water partition coefficient (Wildman–Crippen LogP) is -0.245. The molecule has 2 saturated carbocycles. The monoisotopic (exact) mass is 459 g/mol. The number of Topliss-reactive ketones (excluding diaryl/α,β-unsaturated/α-hetero) is 4. The summed E-state index contributed by atoms with van der Waals surface area (Å²) in [7, 11) is 3.48. The minimum atomic E-state index is -2.66. The maximum atomic E-state index is 13.5. The van der Waals surface area contributed by atoms with Gasteiger partial charge in [-0.2, -0.15) is 4.36 Å². The van der Waals surface area contributed by atoms with Gasteiger partial charge in [-0.1, -0.05) is 0 Å². The average Bonchev–Trinajstić information content (AvgIpc) is 2.70. The molecule has 168 valence electrons. The molecule has 0 aromatic heterocycles. The molecule has 1 amide bonds. The lowest BCUT2D eigenvalue weighted by molar-refractivity contribution is -0.175. The minimum Gasteiger partial charge on any atom is -0.505 e. The molecule has 3 aliphatic rings. The second-order valence-corrected chi connectivity index (χ2v) is 9.02. The first-order valence-electron chi connectivity index (χ1n) is 10.0. The Morgan fingerprint density at radius 1 is 1.22 bits per heavy atom. The van der Waals surface area contributed by atoms with Gasteiger partial charge in [0.05, 0.1) is 11.5 Å². The molecule has 5 atom stereocenters. The third-order valence-electron chi connectivity index (χ3n) is 6.94. The molecule has 10 nitrogen and oxygen atoms in total. The van der Waals surface area contributed by atoms with Crippen molar-refractivity contribution in [3.05, 3.63) is 17.2 Å². The Hall–Kier alpha value is -3.05. The van der Waals surface area contributed by atoms with Crippen molar-refractivity contribution in [2.45, 2.75) is 24.9 Å². The number of aliphatic hydroxyl groups is 1. The van der Waals surface area contributed by atoms with E-state index in [1.165, 1.54) is 0 Å². The summed E-state index contributed by atoms with van der Waals surface area (Å²) in [6.45, 7) is 0. The first-order valence-corrected chi connectivity index (χ1v) is 10.4. The highest BCUT2D eigenvalue weighted by atomic mass is 32.1. The standard InChI is InChI=1S/C21H21N3O7S/c1-24(2)11-6-10(23-32)16(26)14-9(11)4-7-3-8-5-12(25)15(20(22)30)19(29)21(8,31)18(28)13(7)17(14)27/h6-8,13,15,26,31H,3-5H2,1-2H3,(H2,22,30)/t7-,8+,13?,15?,21+/m1/s1. The van der Waals surface area contributed by atoms with E-state index in [9.17, 15) is 34.2 Å². The topological polar surface area (TPSA) is 167 Å². The molecule has 0 spiro atoms. The number of carbonyl (C=O) groups excluding carboxylic acids is 5. The van der Waals surface area contributed by atoms with Gasteiger partial charge in [-0.15, -0.1) is 0 Å². The van der Waals surface area contributed by atoms with Crippen molar-refractivity contribution in [2.75, 3.05) is 19.0 Å². The van der Waals surface area contributed by atoms with Crippen molar-refractivity contribution in [3.63, 3.8) is 0 Å². The van der Waals surface area contributed by atoms with E-state index in [2.05, 4.69) is 4.36 Å². The molecule has 0 saturated heterocycles. The zero-order valence-corrected chi connectivity index (χ0v) is 18.1. The van der Waals surface area contributed by atoms with Crippen LogP contribution in [-0.2, 0) is 38.0 Å². The van der Waals surface area contributed by atoms with Crippen LogP contribution in [0.5, 0.6) is 5.75 Å². The first kappa shape index (κ1) is 22.2. The normalized spacial score (nSPS) is 31.5. The molecular weight excluding hydrogens is 438 g/mol. The number of aromatic hydroxyl groups is 1. The fourth-order valence-corrected chi connectivity index (χ4v) is 5.61. The SMILES string of the molecule is CN(C)c1cc(N=S)c(O)c2c1C[C@H]1C[C@H]3CC(=O)C(C(N)=O)C(=O)[C@@]3(O)C(=O)C1C2=O. The number of phenols is 1. The molecule has 1 aromatic carbocycles. The number of fused-ring (bicyclic) bond motifs is 3. The summed E-state index contributed by atoms with van der Waals surface area (Å²) < 4.78 is 3.58. The summed E-state index contributed by atoms with van der Waals surface area (Å²) in [5.41, 5.74) is 3.46. The second kappa shape index (κ2) is 7.24. The number of anilines is 1. The van der Waals surface area contributed by atoms with E-state index in [4.69, 9.17) is 18.2 Å². The fourth-order valence-electron chi connectivity index (χ4n) is 5.47. The first-order chi connectivity index (χ1) is 14.9. The molecule has 0 heterocycles. The number of nitrogens with two attached hydrogens (primary N) is 1. The Morgan fingerprint density at radius 3 is 2.44 bits per heavy atom. The van der Waals surface area contributed by atoms with Gasteiger partial charge in [0.2, 0.25) is 5.91 Å². The molecule has 11 heteroatoms. The summed E-state index contributed by atoms with van der Waals surface area (Å²) in [6.07, 6.45) is -0.127. The highest BCUT2D eigenvalue weighted by molar-refractivity contribution is 7.47. The van der Waals surface area contributed by atoms with Crippen LogP contribution in [0.4, 0.5) is 11.4 Å². The van der Waals surface area contributed by atoms with Crippen molar-refractivity contribution in [2.24, 2.45) is 33.8 Å². The average molecular weight is 459 g/mol. The number of ketones is 4.